The Morgan fingerprint density at radius 1 is 0.643 bits per heavy atom. The number of carbonyl (C=O) groups is 1. The monoisotopic (exact) mass is 587 g/mol. The largest absolute Gasteiger partial charge is 0.507 e. The molecule has 1 unspecified atom stereocenters. The number of aliphatic carboxylic acids is 1. The Morgan fingerprint density at radius 3 is 1.50 bits per heavy atom. The van der Waals surface area contributed by atoms with E-state index in [1.807, 2.05) is 0 Å². The zero-order valence-electron chi connectivity index (χ0n) is 28.9. The van der Waals surface area contributed by atoms with Crippen LogP contribution in [0, 0.1) is 5.92 Å². The summed E-state index contributed by atoms with van der Waals surface area (Å²) < 4.78 is 0. The van der Waals surface area contributed by atoms with Gasteiger partial charge in [-0.05, 0) is 66.2 Å². The lowest BCUT2D eigenvalue weighted by molar-refractivity contribution is -0.142. The fourth-order valence-electron chi connectivity index (χ4n) is 6.62. The molecule has 0 saturated heterocycles. The van der Waals surface area contributed by atoms with Gasteiger partial charge in [0.15, 0.2) is 0 Å². The van der Waals surface area contributed by atoms with E-state index < -0.39 is 5.97 Å². The van der Waals surface area contributed by atoms with E-state index in [2.05, 4.69) is 47.6 Å². The van der Waals surface area contributed by atoms with Crippen molar-refractivity contribution in [2.45, 2.75) is 201 Å². The molecular formula is C39H70O3. The molecule has 0 spiro atoms. The summed E-state index contributed by atoms with van der Waals surface area (Å²) in [7, 11) is 0. The summed E-state index contributed by atoms with van der Waals surface area (Å²) in [5.41, 5.74) is 4.28. The SMILES string of the molecule is CCCCCCCCCCCCCCCCCCC(Cc1cc(CCCC)c(O)c(CCCC)c1C(C)(C)C)C(=O)O. The number of aromatic hydroxyl groups is 1. The molecule has 0 radical (unpaired) electrons. The number of carboxylic acid groups (broad SMARTS) is 1. The number of phenolic OH excluding ortho intramolecular Hbond substituents is 1. The van der Waals surface area contributed by atoms with Crippen molar-refractivity contribution >= 4 is 5.97 Å². The number of phenols is 1. The summed E-state index contributed by atoms with van der Waals surface area (Å²) >= 11 is 0. The minimum Gasteiger partial charge on any atom is -0.507 e. The average molecular weight is 587 g/mol. The van der Waals surface area contributed by atoms with Crippen molar-refractivity contribution in [1.82, 2.24) is 0 Å². The molecule has 244 valence electrons. The number of benzene rings is 1. The van der Waals surface area contributed by atoms with E-state index in [4.69, 9.17) is 0 Å². The van der Waals surface area contributed by atoms with E-state index in [-0.39, 0.29) is 11.3 Å². The second-order valence-electron chi connectivity index (χ2n) is 14.2. The molecule has 0 aromatic heterocycles. The predicted molar refractivity (Wildman–Crippen MR) is 183 cm³/mol. The molecule has 0 aliphatic carbocycles. The normalized spacial score (nSPS) is 12.6. The van der Waals surface area contributed by atoms with Crippen LogP contribution in [0.1, 0.15) is 199 Å². The van der Waals surface area contributed by atoms with E-state index in [0.29, 0.717) is 12.2 Å². The maximum absolute atomic E-state index is 12.4. The Balaban J connectivity index is 2.57. The van der Waals surface area contributed by atoms with Crippen molar-refractivity contribution in [3.63, 3.8) is 0 Å². The molecular weight excluding hydrogens is 516 g/mol. The lowest BCUT2D eigenvalue weighted by atomic mass is 9.75. The quantitative estimate of drug-likeness (QED) is 0.106. The molecule has 1 aromatic carbocycles. The Bertz CT molecular complexity index is 835. The van der Waals surface area contributed by atoms with E-state index >= 15 is 0 Å². The summed E-state index contributed by atoms with van der Waals surface area (Å²) in [5.74, 6) is -0.565. The van der Waals surface area contributed by atoms with Crippen molar-refractivity contribution in [2.75, 3.05) is 0 Å². The Hall–Kier alpha value is -1.51. The van der Waals surface area contributed by atoms with Crippen LogP contribution in [0.2, 0.25) is 0 Å². The van der Waals surface area contributed by atoms with E-state index in [1.54, 1.807) is 0 Å². The molecule has 0 fully saturated rings. The molecule has 0 saturated carbocycles. The highest BCUT2D eigenvalue weighted by atomic mass is 16.4. The number of rotatable bonds is 26. The summed E-state index contributed by atoms with van der Waals surface area (Å²) in [6.07, 6.45) is 28.6. The second-order valence-corrected chi connectivity index (χ2v) is 14.2. The fraction of sp³-hybridized carbons (Fsp3) is 0.821. The maximum Gasteiger partial charge on any atom is 0.306 e. The molecule has 1 rings (SSSR count). The van der Waals surface area contributed by atoms with Crippen LogP contribution in [0.5, 0.6) is 5.75 Å². The third-order valence-corrected chi connectivity index (χ3v) is 9.11. The van der Waals surface area contributed by atoms with Gasteiger partial charge in [0.25, 0.3) is 0 Å². The molecule has 3 nitrogen and oxygen atoms in total. The molecule has 0 amide bonds. The van der Waals surface area contributed by atoms with Gasteiger partial charge in [-0.3, -0.25) is 4.79 Å². The zero-order valence-corrected chi connectivity index (χ0v) is 28.9. The molecule has 2 N–H and O–H groups in total. The molecule has 0 aliphatic heterocycles. The molecule has 1 aromatic rings. The maximum atomic E-state index is 12.4. The molecule has 0 heterocycles. The van der Waals surface area contributed by atoms with Crippen LogP contribution in [0.3, 0.4) is 0 Å². The number of hydrogen-bond donors (Lipinski definition) is 2. The Labute approximate surface area is 261 Å². The van der Waals surface area contributed by atoms with Crippen LogP contribution in [0.25, 0.3) is 0 Å². The first kappa shape index (κ1) is 38.5. The van der Waals surface area contributed by atoms with Crippen molar-refractivity contribution < 1.29 is 15.0 Å². The highest BCUT2D eigenvalue weighted by Gasteiger charge is 2.28. The first-order valence-corrected chi connectivity index (χ1v) is 18.3. The number of hydrogen-bond acceptors (Lipinski definition) is 2. The molecule has 1 atom stereocenters. The predicted octanol–water partition coefficient (Wildman–Crippen LogP) is 12.3. The van der Waals surface area contributed by atoms with Crippen molar-refractivity contribution in [3.05, 3.63) is 28.3 Å². The van der Waals surface area contributed by atoms with Crippen LogP contribution in [-0.4, -0.2) is 16.2 Å². The van der Waals surface area contributed by atoms with Crippen LogP contribution in [0.15, 0.2) is 6.07 Å². The topological polar surface area (TPSA) is 57.5 Å². The smallest absolute Gasteiger partial charge is 0.306 e. The first-order chi connectivity index (χ1) is 20.2. The number of aryl methyl sites for hydroxylation is 1. The van der Waals surface area contributed by atoms with Gasteiger partial charge in [0.05, 0.1) is 5.92 Å². The van der Waals surface area contributed by atoms with Gasteiger partial charge in [-0.1, -0.05) is 163 Å². The third-order valence-electron chi connectivity index (χ3n) is 9.11. The van der Waals surface area contributed by atoms with Gasteiger partial charge < -0.3 is 10.2 Å². The lowest BCUT2D eigenvalue weighted by Gasteiger charge is -2.30. The van der Waals surface area contributed by atoms with Gasteiger partial charge >= 0.3 is 5.97 Å². The van der Waals surface area contributed by atoms with Crippen LogP contribution in [0.4, 0.5) is 0 Å². The van der Waals surface area contributed by atoms with Gasteiger partial charge in [-0.2, -0.15) is 0 Å². The highest BCUT2D eigenvalue weighted by Crippen LogP contribution is 2.40. The average Bonchev–Trinajstić information content (AvgIpc) is 2.94. The Kier molecular flexibility index (Phi) is 21.0. The van der Waals surface area contributed by atoms with Gasteiger partial charge in [0.1, 0.15) is 5.75 Å². The van der Waals surface area contributed by atoms with Gasteiger partial charge in [0.2, 0.25) is 0 Å². The van der Waals surface area contributed by atoms with E-state index in [0.717, 1.165) is 74.5 Å². The zero-order chi connectivity index (χ0) is 31.2. The standard InChI is InChI=1S/C39H70O3/c1-7-10-13-14-15-16-17-18-19-20-21-22-23-24-25-26-28-33(38(41)42)31-34-30-32(27-11-8-2)37(40)35(29-12-9-3)36(34)39(4,5)6/h30,33,40H,7-29,31H2,1-6H3,(H,41,42). The number of carboxylic acids is 1. The summed E-state index contributed by atoms with van der Waals surface area (Å²) in [5, 5.41) is 21.5. The van der Waals surface area contributed by atoms with Crippen LogP contribution in [-0.2, 0) is 29.5 Å². The summed E-state index contributed by atoms with van der Waals surface area (Å²) in [6, 6.07) is 2.16. The first-order valence-electron chi connectivity index (χ1n) is 18.3. The fourth-order valence-corrected chi connectivity index (χ4v) is 6.62. The summed E-state index contributed by atoms with van der Waals surface area (Å²) in [4.78, 5) is 12.4. The molecule has 3 heteroatoms. The second kappa shape index (κ2) is 22.9. The molecule has 42 heavy (non-hydrogen) atoms. The Morgan fingerprint density at radius 2 is 1.07 bits per heavy atom. The van der Waals surface area contributed by atoms with Crippen LogP contribution < -0.4 is 0 Å². The van der Waals surface area contributed by atoms with Crippen molar-refractivity contribution in [3.8, 4) is 5.75 Å². The molecule has 0 aliphatic rings. The van der Waals surface area contributed by atoms with Crippen LogP contribution >= 0.6 is 0 Å². The minimum atomic E-state index is -0.672. The van der Waals surface area contributed by atoms with Gasteiger partial charge in [-0.25, -0.2) is 0 Å². The third kappa shape index (κ3) is 15.8. The van der Waals surface area contributed by atoms with Gasteiger partial charge in [-0.15, -0.1) is 0 Å². The van der Waals surface area contributed by atoms with E-state index in [9.17, 15) is 15.0 Å². The van der Waals surface area contributed by atoms with Crippen molar-refractivity contribution in [2.24, 2.45) is 5.92 Å². The molecule has 0 bridgehead atoms. The minimum absolute atomic E-state index is 0.142. The number of unbranched alkanes of at least 4 members (excludes halogenated alkanes) is 17. The van der Waals surface area contributed by atoms with Gasteiger partial charge in [0, 0.05) is 0 Å². The lowest BCUT2D eigenvalue weighted by Crippen LogP contribution is -2.23. The van der Waals surface area contributed by atoms with Crippen molar-refractivity contribution in [1.29, 1.82) is 0 Å². The van der Waals surface area contributed by atoms with E-state index in [1.165, 1.54) is 95.5 Å². The summed E-state index contributed by atoms with van der Waals surface area (Å²) in [6.45, 7) is 13.3. The highest BCUT2D eigenvalue weighted by molar-refractivity contribution is 5.70.